The molecule has 0 amide bonds. The summed E-state index contributed by atoms with van der Waals surface area (Å²) in [6, 6.07) is 8.29. The molecule has 5 nitrogen and oxygen atoms in total. The lowest BCUT2D eigenvalue weighted by Crippen LogP contribution is -2.07. The highest BCUT2D eigenvalue weighted by Gasteiger charge is 2.15. The van der Waals surface area contributed by atoms with E-state index in [9.17, 15) is 14.9 Å². The zero-order valence-electron chi connectivity index (χ0n) is 11.8. The second kappa shape index (κ2) is 6.10. The van der Waals surface area contributed by atoms with Crippen molar-refractivity contribution in [1.29, 1.82) is 0 Å². The van der Waals surface area contributed by atoms with Crippen LogP contribution in [0.15, 0.2) is 30.3 Å². The molecule has 110 valence electrons. The minimum Gasteiger partial charge on any atom is -0.344 e. The molecule has 0 saturated heterocycles. The van der Waals surface area contributed by atoms with Crippen molar-refractivity contribution in [3.05, 3.63) is 63.0 Å². The summed E-state index contributed by atoms with van der Waals surface area (Å²) < 4.78 is 1.96. The van der Waals surface area contributed by atoms with Crippen LogP contribution in [0.1, 0.15) is 27.3 Å². The molecule has 0 fully saturated rings. The third kappa shape index (κ3) is 3.13. The predicted octanol–water partition coefficient (Wildman–Crippen LogP) is 3.48. The monoisotopic (exact) mass is 306 g/mol. The minimum atomic E-state index is -0.415. The van der Waals surface area contributed by atoms with E-state index in [1.165, 1.54) is 6.07 Å². The van der Waals surface area contributed by atoms with Gasteiger partial charge in [0.15, 0.2) is 5.78 Å². The molecule has 0 radical (unpaired) electrons. The van der Waals surface area contributed by atoms with Gasteiger partial charge in [0.05, 0.1) is 10.8 Å². The third-order valence-electron chi connectivity index (χ3n) is 3.46. The fourth-order valence-corrected chi connectivity index (χ4v) is 2.49. The summed E-state index contributed by atoms with van der Waals surface area (Å²) in [5.74, 6) is -0.170. The maximum Gasteiger partial charge on any atom is 0.269 e. The van der Waals surface area contributed by atoms with Crippen molar-refractivity contribution in [3.8, 4) is 0 Å². The van der Waals surface area contributed by atoms with E-state index in [4.69, 9.17) is 11.6 Å². The van der Waals surface area contributed by atoms with Crippen molar-refractivity contribution in [2.45, 2.75) is 20.4 Å². The number of non-ortho nitro benzene ring substituents is 1. The number of hydrogen-bond acceptors (Lipinski definition) is 3. The van der Waals surface area contributed by atoms with Crippen LogP contribution in [0.4, 0.5) is 5.69 Å². The minimum absolute atomic E-state index is 0.0545. The molecule has 0 aliphatic heterocycles. The first-order valence-electron chi connectivity index (χ1n) is 6.43. The van der Waals surface area contributed by atoms with Gasteiger partial charge in [-0.25, -0.2) is 0 Å². The summed E-state index contributed by atoms with van der Waals surface area (Å²) in [5.41, 5.74) is 3.23. The van der Waals surface area contributed by atoms with Crippen molar-refractivity contribution >= 4 is 23.1 Å². The van der Waals surface area contributed by atoms with Gasteiger partial charge in [0.1, 0.15) is 0 Å². The lowest BCUT2D eigenvalue weighted by atomic mass is 10.1. The van der Waals surface area contributed by atoms with E-state index in [0.29, 0.717) is 12.1 Å². The Morgan fingerprint density at radius 3 is 2.67 bits per heavy atom. The van der Waals surface area contributed by atoms with Gasteiger partial charge in [0.2, 0.25) is 0 Å². The van der Waals surface area contributed by atoms with Gasteiger partial charge in [-0.05, 0) is 25.5 Å². The molecule has 0 N–H and O–H groups in total. The van der Waals surface area contributed by atoms with Crippen LogP contribution in [-0.2, 0) is 6.54 Å². The molecule has 0 aliphatic rings. The zero-order chi connectivity index (χ0) is 15.6. The molecule has 1 heterocycles. The standard InChI is InChI=1S/C15H15ClN2O3/c1-10-6-14(15(19)8-16)11(2)17(10)9-12-4-3-5-13(7-12)18(20)21/h3-7H,8-9H2,1-2H3. The summed E-state index contributed by atoms with van der Waals surface area (Å²) in [6.07, 6.45) is 0. The molecular weight excluding hydrogens is 292 g/mol. The number of carbonyl (C=O) groups is 1. The smallest absolute Gasteiger partial charge is 0.269 e. The summed E-state index contributed by atoms with van der Waals surface area (Å²) in [4.78, 5) is 22.2. The van der Waals surface area contributed by atoms with Crippen LogP contribution in [0, 0.1) is 24.0 Å². The molecule has 1 aromatic heterocycles. The van der Waals surface area contributed by atoms with Crippen molar-refractivity contribution in [2.75, 3.05) is 5.88 Å². The molecule has 2 aromatic rings. The first kappa shape index (κ1) is 15.3. The highest BCUT2D eigenvalue weighted by atomic mass is 35.5. The van der Waals surface area contributed by atoms with Crippen LogP contribution in [0.5, 0.6) is 0 Å². The Balaban J connectivity index is 2.36. The summed E-state index contributed by atoms with van der Waals surface area (Å²) >= 11 is 5.60. The third-order valence-corrected chi connectivity index (χ3v) is 3.70. The van der Waals surface area contributed by atoms with Crippen LogP contribution in [-0.4, -0.2) is 21.2 Å². The second-order valence-corrected chi connectivity index (χ2v) is 5.12. The number of nitro groups is 1. The van der Waals surface area contributed by atoms with Gasteiger partial charge in [-0.2, -0.15) is 0 Å². The summed E-state index contributed by atoms with van der Waals surface area (Å²) in [5, 5.41) is 10.8. The summed E-state index contributed by atoms with van der Waals surface area (Å²) in [6.45, 7) is 4.23. The number of aryl methyl sites for hydroxylation is 1. The fourth-order valence-electron chi connectivity index (χ4n) is 2.35. The van der Waals surface area contributed by atoms with E-state index >= 15 is 0 Å². The lowest BCUT2D eigenvalue weighted by molar-refractivity contribution is -0.384. The number of ketones is 1. The van der Waals surface area contributed by atoms with Gasteiger partial charge in [-0.3, -0.25) is 14.9 Å². The van der Waals surface area contributed by atoms with E-state index in [1.807, 2.05) is 24.5 Å². The van der Waals surface area contributed by atoms with Gasteiger partial charge in [-0.15, -0.1) is 11.6 Å². The second-order valence-electron chi connectivity index (χ2n) is 4.85. The number of benzene rings is 1. The number of aromatic nitrogens is 1. The van der Waals surface area contributed by atoms with Gasteiger partial charge in [0, 0.05) is 35.6 Å². The van der Waals surface area contributed by atoms with Gasteiger partial charge in [-0.1, -0.05) is 12.1 Å². The Bertz CT molecular complexity index is 707. The lowest BCUT2D eigenvalue weighted by Gasteiger charge is -2.09. The summed E-state index contributed by atoms with van der Waals surface area (Å²) in [7, 11) is 0. The van der Waals surface area contributed by atoms with E-state index in [-0.39, 0.29) is 17.4 Å². The Kier molecular flexibility index (Phi) is 4.43. The maximum atomic E-state index is 11.8. The Morgan fingerprint density at radius 1 is 1.33 bits per heavy atom. The molecule has 1 aromatic carbocycles. The fraction of sp³-hybridized carbons (Fsp3) is 0.267. The molecule has 0 spiro atoms. The highest BCUT2D eigenvalue weighted by molar-refractivity contribution is 6.30. The molecular formula is C15H15ClN2O3. The normalized spacial score (nSPS) is 10.6. The number of hydrogen-bond donors (Lipinski definition) is 0. The van der Waals surface area contributed by atoms with E-state index in [2.05, 4.69) is 0 Å². The van der Waals surface area contributed by atoms with Gasteiger partial charge < -0.3 is 4.57 Å². The van der Waals surface area contributed by atoms with Crippen LogP contribution < -0.4 is 0 Å². The predicted molar refractivity (Wildman–Crippen MR) is 81.2 cm³/mol. The van der Waals surface area contributed by atoms with Crippen molar-refractivity contribution in [1.82, 2.24) is 4.57 Å². The average molecular weight is 307 g/mol. The molecule has 6 heteroatoms. The van der Waals surface area contributed by atoms with Crippen LogP contribution in [0.2, 0.25) is 0 Å². The highest BCUT2D eigenvalue weighted by Crippen LogP contribution is 2.20. The van der Waals surface area contributed by atoms with Crippen molar-refractivity contribution in [3.63, 3.8) is 0 Å². The zero-order valence-corrected chi connectivity index (χ0v) is 12.6. The first-order valence-corrected chi connectivity index (χ1v) is 6.96. The number of alkyl halides is 1. The largest absolute Gasteiger partial charge is 0.344 e. The number of nitro benzene ring substituents is 1. The molecule has 0 saturated carbocycles. The molecule has 2 rings (SSSR count). The SMILES string of the molecule is Cc1cc(C(=O)CCl)c(C)n1Cc1cccc([N+](=O)[O-])c1. The molecule has 21 heavy (non-hydrogen) atoms. The van der Waals surface area contributed by atoms with Gasteiger partial charge in [0.25, 0.3) is 5.69 Å². The van der Waals surface area contributed by atoms with Gasteiger partial charge >= 0.3 is 0 Å². The number of Topliss-reactive ketones (excluding diaryl/α,β-unsaturated/α-hetero) is 1. The average Bonchev–Trinajstić information content (AvgIpc) is 2.75. The van der Waals surface area contributed by atoms with E-state index < -0.39 is 4.92 Å². The number of rotatable bonds is 5. The number of carbonyl (C=O) groups excluding carboxylic acids is 1. The molecule has 0 bridgehead atoms. The maximum absolute atomic E-state index is 11.8. The topological polar surface area (TPSA) is 65.1 Å². The van der Waals surface area contributed by atoms with Crippen LogP contribution in [0.25, 0.3) is 0 Å². The molecule has 0 aliphatic carbocycles. The number of nitrogens with zero attached hydrogens (tertiary/aromatic N) is 2. The quantitative estimate of drug-likeness (QED) is 0.367. The van der Waals surface area contributed by atoms with Crippen molar-refractivity contribution in [2.24, 2.45) is 0 Å². The van der Waals surface area contributed by atoms with Crippen LogP contribution in [0.3, 0.4) is 0 Å². The first-order chi connectivity index (χ1) is 9.93. The van der Waals surface area contributed by atoms with Crippen LogP contribution >= 0.6 is 11.6 Å². The van der Waals surface area contributed by atoms with E-state index in [0.717, 1.165) is 17.0 Å². The van der Waals surface area contributed by atoms with Crippen molar-refractivity contribution < 1.29 is 9.72 Å². The Hall–Kier alpha value is -2.14. The molecule has 0 atom stereocenters. The Labute approximate surface area is 127 Å². The Morgan fingerprint density at radius 2 is 2.05 bits per heavy atom. The molecule has 0 unspecified atom stereocenters. The number of halogens is 1. The van der Waals surface area contributed by atoms with E-state index in [1.54, 1.807) is 18.2 Å².